The van der Waals surface area contributed by atoms with Gasteiger partial charge in [0.1, 0.15) is 22.7 Å². The van der Waals surface area contributed by atoms with E-state index in [4.69, 9.17) is 14.2 Å². The van der Waals surface area contributed by atoms with Gasteiger partial charge < -0.3 is 24.8 Å². The van der Waals surface area contributed by atoms with Crippen LogP contribution < -0.4 is 26.2 Å². The van der Waals surface area contributed by atoms with Gasteiger partial charge in [-0.1, -0.05) is 46.8 Å². The Hall–Kier alpha value is -5.39. The first-order chi connectivity index (χ1) is 25.0. The van der Waals surface area contributed by atoms with Crippen molar-refractivity contribution >= 4 is 46.2 Å². The number of benzene rings is 2. The molecule has 2 aromatic heterocycles. The molecule has 2 aromatic carbocycles. The molecule has 4 rings (SSSR count). The highest BCUT2D eigenvalue weighted by Crippen LogP contribution is 2.38. The number of ether oxygens (including phenoxy) is 3. The molecular weight excluding hydrogens is 674 g/mol. The van der Waals surface area contributed by atoms with Gasteiger partial charge in [0.05, 0.1) is 13.2 Å². The maximum atomic E-state index is 14.4. The Labute approximate surface area is 311 Å². The Balaban J connectivity index is 1.76. The predicted molar refractivity (Wildman–Crippen MR) is 210 cm³/mol. The molecule has 0 spiro atoms. The molecule has 0 radical (unpaired) electrons. The van der Waals surface area contributed by atoms with Crippen molar-refractivity contribution in [2.24, 2.45) is 0 Å². The summed E-state index contributed by atoms with van der Waals surface area (Å²) in [7, 11) is 0. The predicted octanol–water partition coefficient (Wildman–Crippen LogP) is 9.60. The number of rotatable bonds is 13. The van der Waals surface area contributed by atoms with Crippen molar-refractivity contribution in [1.29, 1.82) is 0 Å². The second-order valence-electron chi connectivity index (χ2n) is 14.7. The van der Waals surface area contributed by atoms with Crippen LogP contribution in [0.3, 0.4) is 0 Å². The summed E-state index contributed by atoms with van der Waals surface area (Å²) in [4.78, 5) is 57.2. The van der Waals surface area contributed by atoms with Crippen LogP contribution in [0.25, 0.3) is 22.2 Å². The number of nitrogens with zero attached hydrogens (tertiary/aromatic N) is 2. The van der Waals surface area contributed by atoms with E-state index in [1.807, 2.05) is 77.9 Å². The second kappa shape index (κ2) is 17.4. The quantitative estimate of drug-likeness (QED) is 0.0910. The number of aromatic nitrogens is 2. The van der Waals surface area contributed by atoms with Crippen LogP contribution in [0.2, 0.25) is 0 Å². The molecule has 3 amide bonds. The van der Waals surface area contributed by atoms with Gasteiger partial charge in [-0.2, -0.15) is 0 Å². The lowest BCUT2D eigenvalue weighted by molar-refractivity contribution is -0.143. The normalized spacial score (nSPS) is 11.6. The number of amides is 3. The van der Waals surface area contributed by atoms with E-state index in [9.17, 15) is 19.2 Å². The van der Waals surface area contributed by atoms with E-state index in [-0.39, 0.29) is 36.1 Å². The van der Waals surface area contributed by atoms with Crippen LogP contribution in [0, 0.1) is 0 Å². The third kappa shape index (κ3) is 10.4. The zero-order valence-electron chi connectivity index (χ0n) is 32.5. The van der Waals surface area contributed by atoms with Gasteiger partial charge in [-0.3, -0.25) is 19.5 Å². The average Bonchev–Trinajstić information content (AvgIpc) is 3.07. The highest BCUT2D eigenvalue weighted by atomic mass is 16.6. The van der Waals surface area contributed by atoms with Gasteiger partial charge in [0, 0.05) is 47.4 Å². The van der Waals surface area contributed by atoms with Gasteiger partial charge in [-0.15, -0.1) is 0 Å². The minimum Gasteiger partial charge on any atom is -0.493 e. The maximum absolute atomic E-state index is 14.4. The van der Waals surface area contributed by atoms with Crippen molar-refractivity contribution in [3.05, 3.63) is 76.2 Å². The number of carbonyl (C=O) groups is 3. The number of hydrogen-bond acceptors (Lipinski definition) is 8. The monoisotopic (exact) mass is 727 g/mol. The van der Waals surface area contributed by atoms with Crippen molar-refractivity contribution in [3.63, 3.8) is 0 Å². The summed E-state index contributed by atoms with van der Waals surface area (Å²) in [5, 5.41) is 9.49. The number of pyridine rings is 2. The lowest BCUT2D eigenvalue weighted by Crippen LogP contribution is -2.31. The molecule has 284 valence electrons. The van der Waals surface area contributed by atoms with E-state index < -0.39 is 23.3 Å². The summed E-state index contributed by atoms with van der Waals surface area (Å²) in [6.45, 7) is 19.5. The van der Waals surface area contributed by atoms with Crippen molar-refractivity contribution in [1.82, 2.24) is 9.55 Å². The first kappa shape index (κ1) is 40.4. The smallest absolute Gasteiger partial charge is 0.412 e. The van der Waals surface area contributed by atoms with Crippen molar-refractivity contribution < 1.29 is 28.6 Å². The Morgan fingerprint density at radius 2 is 1.51 bits per heavy atom. The number of nitrogens with one attached hydrogen (secondary N) is 3. The van der Waals surface area contributed by atoms with Crippen LogP contribution in [0.15, 0.2) is 59.5 Å². The van der Waals surface area contributed by atoms with Crippen molar-refractivity contribution in [3.8, 4) is 16.9 Å². The molecule has 12 heteroatoms. The molecular formula is C41H53N5O7. The Bertz CT molecular complexity index is 1980. The summed E-state index contributed by atoms with van der Waals surface area (Å²) >= 11 is 0. The summed E-state index contributed by atoms with van der Waals surface area (Å²) < 4.78 is 18.2. The number of urea groups is 1. The SMILES string of the molecule is CCC(=O)OCCCOc1cccc(-c2c(NC(=O)Nc3c(C(C)C)cc(NC(=O)OC(C)(C)C)cc3C(C)C)c(=O)n(C(C)C)c3ncccc23)c1. The van der Waals surface area contributed by atoms with Crippen LogP contribution >= 0.6 is 0 Å². The van der Waals surface area contributed by atoms with Crippen LogP contribution in [-0.4, -0.2) is 46.5 Å². The minimum atomic E-state index is -0.669. The fourth-order valence-electron chi connectivity index (χ4n) is 5.91. The summed E-state index contributed by atoms with van der Waals surface area (Å²) in [6.07, 6.45) is 1.88. The number of carbonyl (C=O) groups excluding carboxylic acids is 3. The average molecular weight is 728 g/mol. The minimum absolute atomic E-state index is 0.0369. The largest absolute Gasteiger partial charge is 0.493 e. The zero-order chi connectivity index (χ0) is 39.0. The molecule has 0 aliphatic heterocycles. The van der Waals surface area contributed by atoms with E-state index in [1.54, 1.807) is 50.6 Å². The van der Waals surface area contributed by atoms with E-state index >= 15 is 0 Å². The van der Waals surface area contributed by atoms with Gasteiger partial charge in [0.15, 0.2) is 0 Å². The van der Waals surface area contributed by atoms with E-state index in [0.717, 1.165) is 11.1 Å². The molecule has 0 aliphatic rings. The molecule has 0 unspecified atom stereocenters. The van der Waals surface area contributed by atoms with Gasteiger partial charge in [0.2, 0.25) is 0 Å². The standard InChI is InChI=1S/C41H53N5O7/c1-11-33(47)52-20-14-19-51-29-16-12-15-27(21-29)34-30-17-13-18-42-37(30)46(26(6)7)38(48)36(34)45-39(49)44-35-31(24(2)3)22-28(23-32(35)25(4)5)43-40(50)53-41(8,9)10/h12-13,15-18,21-26H,11,14,19-20H2,1-10H3,(H,43,50)(H2,44,45,49). The molecule has 0 bridgehead atoms. The lowest BCUT2D eigenvalue weighted by atomic mass is 9.91. The first-order valence-electron chi connectivity index (χ1n) is 18.2. The molecule has 0 saturated heterocycles. The van der Waals surface area contributed by atoms with Gasteiger partial charge in [-0.25, -0.2) is 14.6 Å². The molecule has 3 N–H and O–H groups in total. The number of anilines is 3. The summed E-state index contributed by atoms with van der Waals surface area (Å²) in [6, 6.07) is 13.7. The van der Waals surface area contributed by atoms with Crippen LogP contribution in [0.4, 0.5) is 26.7 Å². The third-order valence-electron chi connectivity index (χ3n) is 8.28. The maximum Gasteiger partial charge on any atom is 0.412 e. The van der Waals surface area contributed by atoms with Crippen molar-refractivity contribution in [2.75, 3.05) is 29.2 Å². The van der Waals surface area contributed by atoms with E-state index in [1.165, 1.54) is 0 Å². The fraction of sp³-hybridized carbons (Fsp3) is 0.439. The Morgan fingerprint density at radius 3 is 2.11 bits per heavy atom. The molecule has 4 aromatic rings. The van der Waals surface area contributed by atoms with E-state index in [2.05, 4.69) is 20.9 Å². The molecule has 0 aliphatic carbocycles. The van der Waals surface area contributed by atoms with Crippen LogP contribution in [-0.2, 0) is 14.3 Å². The molecule has 0 atom stereocenters. The van der Waals surface area contributed by atoms with Gasteiger partial charge in [0.25, 0.3) is 5.56 Å². The Kier molecular flexibility index (Phi) is 13.3. The van der Waals surface area contributed by atoms with Gasteiger partial charge in [-0.05, 0) is 99.5 Å². The number of hydrogen-bond donors (Lipinski definition) is 3. The van der Waals surface area contributed by atoms with E-state index in [0.29, 0.717) is 58.7 Å². The Morgan fingerprint density at radius 1 is 0.849 bits per heavy atom. The molecule has 2 heterocycles. The topological polar surface area (TPSA) is 150 Å². The molecule has 0 fully saturated rings. The third-order valence-corrected chi connectivity index (χ3v) is 8.28. The summed E-state index contributed by atoms with van der Waals surface area (Å²) in [5.74, 6) is 0.212. The second-order valence-corrected chi connectivity index (χ2v) is 14.7. The van der Waals surface area contributed by atoms with Crippen LogP contribution in [0.5, 0.6) is 5.75 Å². The highest BCUT2D eigenvalue weighted by Gasteiger charge is 2.25. The molecule has 12 nitrogen and oxygen atoms in total. The molecule has 53 heavy (non-hydrogen) atoms. The fourth-order valence-corrected chi connectivity index (χ4v) is 5.91. The first-order valence-corrected chi connectivity index (χ1v) is 18.2. The van der Waals surface area contributed by atoms with Crippen LogP contribution in [0.1, 0.15) is 111 Å². The lowest BCUT2D eigenvalue weighted by Gasteiger charge is -2.24. The zero-order valence-corrected chi connectivity index (χ0v) is 32.5. The number of esters is 1. The highest BCUT2D eigenvalue weighted by molar-refractivity contribution is 6.08. The summed E-state index contributed by atoms with van der Waals surface area (Å²) in [5.41, 5.74) is 3.37. The van der Waals surface area contributed by atoms with Gasteiger partial charge >= 0.3 is 18.1 Å². The molecule has 0 saturated carbocycles. The van der Waals surface area contributed by atoms with Crippen molar-refractivity contribution in [2.45, 2.75) is 106 Å². The number of fused-ring (bicyclic) bond motifs is 1.